The van der Waals surface area contributed by atoms with E-state index in [0.29, 0.717) is 17.3 Å². The van der Waals surface area contributed by atoms with E-state index in [9.17, 15) is 4.79 Å². The highest BCUT2D eigenvalue weighted by Crippen LogP contribution is 2.35. The molecule has 0 radical (unpaired) electrons. The molecule has 0 bridgehead atoms. The van der Waals surface area contributed by atoms with Crippen molar-refractivity contribution in [3.05, 3.63) is 95.7 Å². The van der Waals surface area contributed by atoms with Crippen molar-refractivity contribution in [2.75, 3.05) is 14.2 Å². The second kappa shape index (κ2) is 8.96. The molecule has 0 aliphatic heterocycles. The lowest BCUT2D eigenvalue weighted by atomic mass is 9.95. The van der Waals surface area contributed by atoms with Gasteiger partial charge in [-0.25, -0.2) is 0 Å². The predicted octanol–water partition coefficient (Wildman–Crippen LogP) is 5.46. The number of rotatable bonds is 7. The average molecular weight is 415 g/mol. The summed E-state index contributed by atoms with van der Waals surface area (Å²) < 4.78 is 17.1. The molecule has 5 heteroatoms. The molecule has 5 nitrogen and oxygen atoms in total. The summed E-state index contributed by atoms with van der Waals surface area (Å²) in [6.45, 7) is 1.84. The van der Waals surface area contributed by atoms with Crippen LogP contribution in [0.25, 0.3) is 11.0 Å². The Kier molecular flexibility index (Phi) is 5.94. The molecule has 0 aliphatic carbocycles. The maximum atomic E-state index is 13.3. The molecule has 0 fully saturated rings. The molecule has 1 aromatic heterocycles. The molecule has 1 amide bonds. The van der Waals surface area contributed by atoms with Crippen molar-refractivity contribution in [2.24, 2.45) is 0 Å². The largest absolute Gasteiger partial charge is 0.496 e. The van der Waals surface area contributed by atoms with E-state index in [1.54, 1.807) is 14.2 Å². The van der Waals surface area contributed by atoms with Crippen LogP contribution in [0, 0.1) is 0 Å². The molecule has 0 aliphatic rings. The molecule has 0 spiro atoms. The number of furan rings is 1. The number of benzene rings is 3. The monoisotopic (exact) mass is 415 g/mol. The van der Waals surface area contributed by atoms with E-state index in [0.717, 1.165) is 22.1 Å². The third-order valence-electron chi connectivity index (χ3n) is 5.45. The summed E-state index contributed by atoms with van der Waals surface area (Å²) in [5.74, 6) is 1.38. The molecular formula is C26H25NO4. The molecule has 4 rings (SSSR count). The minimum Gasteiger partial charge on any atom is -0.496 e. The molecule has 1 N–H and O–H groups in total. The Labute approximate surface area is 181 Å². The molecular weight excluding hydrogens is 390 g/mol. The molecule has 31 heavy (non-hydrogen) atoms. The van der Waals surface area contributed by atoms with Crippen molar-refractivity contribution >= 4 is 16.9 Å². The maximum absolute atomic E-state index is 13.3. The maximum Gasteiger partial charge on any atom is 0.231 e. The third-order valence-corrected chi connectivity index (χ3v) is 5.45. The number of para-hydroxylation sites is 3. The summed E-state index contributed by atoms with van der Waals surface area (Å²) in [5, 5.41) is 4.16. The van der Waals surface area contributed by atoms with Crippen LogP contribution in [0.1, 0.15) is 35.8 Å². The molecule has 1 heterocycles. The van der Waals surface area contributed by atoms with Crippen LogP contribution in [0.3, 0.4) is 0 Å². The second-order valence-electron chi connectivity index (χ2n) is 7.33. The minimum atomic E-state index is -0.473. The van der Waals surface area contributed by atoms with Gasteiger partial charge in [-0.1, -0.05) is 54.6 Å². The highest BCUT2D eigenvalue weighted by molar-refractivity contribution is 5.86. The second-order valence-corrected chi connectivity index (χ2v) is 7.33. The van der Waals surface area contributed by atoms with Crippen molar-refractivity contribution in [1.29, 1.82) is 0 Å². The van der Waals surface area contributed by atoms with Gasteiger partial charge in [0.1, 0.15) is 22.8 Å². The summed E-state index contributed by atoms with van der Waals surface area (Å²) in [6, 6.07) is 24.5. The Balaban J connectivity index is 1.70. The summed E-state index contributed by atoms with van der Waals surface area (Å²) in [4.78, 5) is 13.3. The zero-order chi connectivity index (χ0) is 21.8. The number of carbonyl (C=O) groups excluding carboxylic acids is 1. The van der Waals surface area contributed by atoms with E-state index in [1.807, 2.05) is 85.8 Å². The number of fused-ring (bicyclic) bond motifs is 1. The van der Waals surface area contributed by atoms with E-state index in [2.05, 4.69) is 5.32 Å². The normalized spacial score (nSPS) is 12.0. The number of carbonyl (C=O) groups is 1. The molecule has 0 saturated carbocycles. The summed E-state index contributed by atoms with van der Waals surface area (Å²) >= 11 is 0. The average Bonchev–Trinajstić information content (AvgIpc) is 3.26. The molecule has 3 aromatic carbocycles. The minimum absolute atomic E-state index is 0.152. The fourth-order valence-corrected chi connectivity index (χ4v) is 3.75. The van der Waals surface area contributed by atoms with E-state index in [1.165, 1.54) is 0 Å². The highest BCUT2D eigenvalue weighted by Gasteiger charge is 2.27. The van der Waals surface area contributed by atoms with Gasteiger partial charge in [0.25, 0.3) is 0 Å². The van der Waals surface area contributed by atoms with E-state index in [-0.39, 0.29) is 5.91 Å². The quantitative estimate of drug-likeness (QED) is 0.435. The Morgan fingerprint density at radius 1 is 0.839 bits per heavy atom. The molecule has 1 atom stereocenters. The van der Waals surface area contributed by atoms with Gasteiger partial charge in [-0.05, 0) is 31.2 Å². The van der Waals surface area contributed by atoms with Crippen molar-refractivity contribution in [3.63, 3.8) is 0 Å². The SMILES string of the molecule is COc1ccccc1C(NC(=O)[C@@H](C)c1cc2ccccc2o1)c1ccccc1OC. The Bertz CT molecular complexity index is 1120. The molecule has 4 aromatic rings. The van der Waals surface area contributed by atoms with Crippen molar-refractivity contribution in [3.8, 4) is 11.5 Å². The van der Waals surface area contributed by atoms with Gasteiger partial charge in [0.15, 0.2) is 0 Å². The van der Waals surface area contributed by atoms with Crippen molar-refractivity contribution in [1.82, 2.24) is 5.32 Å². The number of amides is 1. The van der Waals surface area contributed by atoms with Gasteiger partial charge < -0.3 is 19.2 Å². The van der Waals surface area contributed by atoms with E-state index < -0.39 is 12.0 Å². The van der Waals surface area contributed by atoms with Crippen LogP contribution >= 0.6 is 0 Å². The lowest BCUT2D eigenvalue weighted by Crippen LogP contribution is -2.33. The summed E-state index contributed by atoms with van der Waals surface area (Å²) in [7, 11) is 3.24. The van der Waals surface area contributed by atoms with Gasteiger partial charge in [-0.3, -0.25) is 4.79 Å². The Hall–Kier alpha value is -3.73. The van der Waals surface area contributed by atoms with E-state index in [4.69, 9.17) is 13.9 Å². The van der Waals surface area contributed by atoms with Crippen LogP contribution in [0.2, 0.25) is 0 Å². The molecule has 0 unspecified atom stereocenters. The zero-order valence-corrected chi connectivity index (χ0v) is 17.8. The number of nitrogens with one attached hydrogen (secondary N) is 1. The first-order valence-electron chi connectivity index (χ1n) is 10.2. The standard InChI is InChI=1S/C26H25NO4/c1-17(24-16-18-10-4-7-13-21(18)31-24)26(28)27-25(19-11-5-8-14-22(19)29-2)20-12-6-9-15-23(20)30-3/h4-17,25H,1-3H3,(H,27,28)/t17-/m0/s1. The smallest absolute Gasteiger partial charge is 0.231 e. The van der Waals surface area contributed by atoms with Crippen molar-refractivity contribution in [2.45, 2.75) is 18.9 Å². The van der Waals surface area contributed by atoms with Crippen LogP contribution in [0.4, 0.5) is 0 Å². The first-order valence-corrected chi connectivity index (χ1v) is 10.2. The summed E-state index contributed by atoms with van der Waals surface area (Å²) in [6.07, 6.45) is 0. The lowest BCUT2D eigenvalue weighted by molar-refractivity contribution is -0.123. The van der Waals surface area contributed by atoms with E-state index >= 15 is 0 Å². The predicted molar refractivity (Wildman–Crippen MR) is 121 cm³/mol. The third kappa shape index (κ3) is 4.12. The lowest BCUT2D eigenvalue weighted by Gasteiger charge is -2.24. The van der Waals surface area contributed by atoms with Gasteiger partial charge in [0.2, 0.25) is 5.91 Å². The van der Waals surface area contributed by atoms with Gasteiger partial charge in [-0.15, -0.1) is 0 Å². The van der Waals surface area contributed by atoms with Crippen LogP contribution in [-0.2, 0) is 4.79 Å². The van der Waals surface area contributed by atoms with Crippen molar-refractivity contribution < 1.29 is 18.7 Å². The summed E-state index contributed by atoms with van der Waals surface area (Å²) in [5.41, 5.74) is 2.46. The number of methoxy groups -OCH3 is 2. The highest BCUT2D eigenvalue weighted by atomic mass is 16.5. The molecule has 0 saturated heterocycles. The topological polar surface area (TPSA) is 60.7 Å². The van der Waals surface area contributed by atoms with Crippen LogP contribution in [-0.4, -0.2) is 20.1 Å². The van der Waals surface area contributed by atoms with Gasteiger partial charge in [-0.2, -0.15) is 0 Å². The van der Waals surface area contributed by atoms with Gasteiger partial charge in [0, 0.05) is 16.5 Å². The fraction of sp³-hybridized carbons (Fsp3) is 0.192. The van der Waals surface area contributed by atoms with Crippen LogP contribution in [0.15, 0.2) is 83.3 Å². The Morgan fingerprint density at radius 2 is 1.39 bits per heavy atom. The Morgan fingerprint density at radius 3 is 1.97 bits per heavy atom. The zero-order valence-electron chi connectivity index (χ0n) is 17.8. The number of ether oxygens (including phenoxy) is 2. The molecule has 158 valence electrons. The van der Waals surface area contributed by atoms with Gasteiger partial charge in [0.05, 0.1) is 26.2 Å². The van der Waals surface area contributed by atoms with Gasteiger partial charge >= 0.3 is 0 Å². The van der Waals surface area contributed by atoms with Crippen LogP contribution in [0.5, 0.6) is 11.5 Å². The van der Waals surface area contributed by atoms with Crippen LogP contribution < -0.4 is 14.8 Å². The number of hydrogen-bond donors (Lipinski definition) is 1. The first kappa shape index (κ1) is 20.5. The fourth-order valence-electron chi connectivity index (χ4n) is 3.75. The first-order chi connectivity index (χ1) is 15.1. The number of hydrogen-bond acceptors (Lipinski definition) is 4.